The van der Waals surface area contributed by atoms with Crippen LogP contribution in [0, 0.1) is 6.92 Å². The van der Waals surface area contributed by atoms with E-state index in [1.165, 1.54) is 18.7 Å². The summed E-state index contributed by atoms with van der Waals surface area (Å²) in [7, 11) is 3.08. The molecule has 1 amide bonds. The fourth-order valence-electron chi connectivity index (χ4n) is 3.35. The molecule has 4 rings (SSSR count). The van der Waals surface area contributed by atoms with E-state index < -0.39 is 18.5 Å². The van der Waals surface area contributed by atoms with Crippen molar-refractivity contribution in [2.75, 3.05) is 26.1 Å². The maximum atomic E-state index is 12.2. The van der Waals surface area contributed by atoms with Crippen LogP contribution in [-0.4, -0.2) is 37.7 Å². The molecule has 0 saturated carbocycles. The number of nitrogens with one attached hydrogen (secondary N) is 1. The van der Waals surface area contributed by atoms with Crippen molar-refractivity contribution >= 4 is 45.2 Å². The average molecular weight is 489 g/mol. The summed E-state index contributed by atoms with van der Waals surface area (Å²) in [6.45, 7) is 1.66. The summed E-state index contributed by atoms with van der Waals surface area (Å²) in [6.07, 6.45) is 2.83. The molecule has 3 aromatic carbocycles. The standard InChI is InChI=1S/C27H24N2O5S/c1-17-4-11-21-24(14-17)35-27(29-21)19-7-9-20(10-8-19)28-25(30)16-34-26(31)13-6-18-5-12-22(32-2)23(15-18)33-3/h4-15H,16H2,1-3H3,(H,28,30). The van der Waals surface area contributed by atoms with Gasteiger partial charge in [0, 0.05) is 17.3 Å². The van der Waals surface area contributed by atoms with Crippen molar-refractivity contribution in [3.05, 3.63) is 77.9 Å². The van der Waals surface area contributed by atoms with Gasteiger partial charge in [-0.15, -0.1) is 11.3 Å². The van der Waals surface area contributed by atoms with Crippen molar-refractivity contribution in [1.82, 2.24) is 4.98 Å². The molecule has 0 saturated heterocycles. The maximum Gasteiger partial charge on any atom is 0.331 e. The molecule has 0 aliphatic carbocycles. The molecule has 0 bridgehead atoms. The van der Waals surface area contributed by atoms with Gasteiger partial charge in [-0.2, -0.15) is 0 Å². The number of anilines is 1. The van der Waals surface area contributed by atoms with Gasteiger partial charge in [-0.3, -0.25) is 4.79 Å². The number of fused-ring (bicyclic) bond motifs is 1. The van der Waals surface area contributed by atoms with Crippen molar-refractivity contribution in [2.24, 2.45) is 0 Å². The molecule has 1 aromatic heterocycles. The van der Waals surface area contributed by atoms with Crippen LogP contribution in [0.1, 0.15) is 11.1 Å². The number of ether oxygens (including phenoxy) is 3. The van der Waals surface area contributed by atoms with E-state index >= 15 is 0 Å². The molecule has 4 aromatic rings. The van der Waals surface area contributed by atoms with Gasteiger partial charge in [0.05, 0.1) is 24.4 Å². The number of methoxy groups -OCH3 is 2. The van der Waals surface area contributed by atoms with E-state index in [9.17, 15) is 9.59 Å². The first-order chi connectivity index (χ1) is 16.9. The number of aryl methyl sites for hydroxylation is 1. The van der Waals surface area contributed by atoms with Crippen molar-refractivity contribution in [2.45, 2.75) is 6.92 Å². The minimum absolute atomic E-state index is 0.395. The molecule has 178 valence electrons. The molecular weight excluding hydrogens is 464 g/mol. The molecule has 0 aliphatic rings. The van der Waals surface area contributed by atoms with Crippen molar-refractivity contribution in [3.8, 4) is 22.1 Å². The van der Waals surface area contributed by atoms with E-state index in [0.29, 0.717) is 17.2 Å². The lowest BCUT2D eigenvalue weighted by atomic mass is 10.2. The van der Waals surface area contributed by atoms with Gasteiger partial charge in [0.2, 0.25) is 0 Å². The van der Waals surface area contributed by atoms with Crippen molar-refractivity contribution in [1.29, 1.82) is 0 Å². The molecule has 0 unspecified atom stereocenters. The molecule has 1 N–H and O–H groups in total. The fraction of sp³-hybridized carbons (Fsp3) is 0.148. The number of hydrogen-bond acceptors (Lipinski definition) is 7. The van der Waals surface area contributed by atoms with E-state index in [4.69, 9.17) is 14.2 Å². The fourth-order valence-corrected chi connectivity index (χ4v) is 4.42. The van der Waals surface area contributed by atoms with E-state index in [0.717, 1.165) is 26.4 Å². The van der Waals surface area contributed by atoms with Crippen molar-refractivity contribution < 1.29 is 23.8 Å². The summed E-state index contributed by atoms with van der Waals surface area (Å²) in [5, 5.41) is 3.64. The number of nitrogens with zero attached hydrogens (tertiary/aromatic N) is 1. The summed E-state index contributed by atoms with van der Waals surface area (Å²) in [5.41, 5.74) is 4.46. The number of hydrogen-bond donors (Lipinski definition) is 1. The Bertz CT molecular complexity index is 1390. The van der Waals surface area contributed by atoms with Gasteiger partial charge in [-0.1, -0.05) is 12.1 Å². The number of amides is 1. The normalized spacial score (nSPS) is 10.9. The Kier molecular flexibility index (Phi) is 7.42. The number of aromatic nitrogens is 1. The second-order valence-electron chi connectivity index (χ2n) is 7.67. The van der Waals surface area contributed by atoms with E-state index in [1.54, 1.807) is 54.9 Å². The lowest BCUT2D eigenvalue weighted by molar-refractivity contribution is -0.142. The summed E-state index contributed by atoms with van der Waals surface area (Å²) < 4.78 is 16.6. The minimum atomic E-state index is -0.628. The third-order valence-corrected chi connectivity index (χ3v) is 6.19. The number of rotatable bonds is 8. The third kappa shape index (κ3) is 6.04. The Morgan fingerprint density at radius 3 is 2.49 bits per heavy atom. The molecule has 0 aliphatic heterocycles. The maximum absolute atomic E-state index is 12.2. The largest absolute Gasteiger partial charge is 0.493 e. The Morgan fingerprint density at radius 1 is 0.971 bits per heavy atom. The SMILES string of the molecule is COc1ccc(C=CC(=O)OCC(=O)Nc2ccc(-c3nc4ccc(C)cc4s3)cc2)cc1OC. The van der Waals surface area contributed by atoms with Crippen LogP contribution in [0.3, 0.4) is 0 Å². The lowest BCUT2D eigenvalue weighted by Gasteiger charge is -2.07. The number of thiazole rings is 1. The first-order valence-electron chi connectivity index (χ1n) is 10.8. The molecule has 7 nitrogen and oxygen atoms in total. The number of carbonyl (C=O) groups is 2. The quantitative estimate of drug-likeness (QED) is 0.261. The first kappa shape index (κ1) is 24.0. The second kappa shape index (κ2) is 10.8. The molecule has 0 radical (unpaired) electrons. The van der Waals surface area contributed by atoms with Gasteiger partial charge in [-0.25, -0.2) is 9.78 Å². The highest BCUT2D eigenvalue weighted by Gasteiger charge is 2.09. The number of carbonyl (C=O) groups excluding carboxylic acids is 2. The summed E-state index contributed by atoms with van der Waals surface area (Å²) in [5.74, 6) is 0.0798. The Morgan fingerprint density at radius 2 is 1.74 bits per heavy atom. The predicted molar refractivity (Wildman–Crippen MR) is 138 cm³/mol. The van der Waals surface area contributed by atoms with Crippen LogP contribution in [0.25, 0.3) is 26.9 Å². The zero-order valence-electron chi connectivity index (χ0n) is 19.5. The van der Waals surface area contributed by atoms with Crippen LogP contribution in [-0.2, 0) is 14.3 Å². The first-order valence-corrected chi connectivity index (χ1v) is 11.6. The van der Waals surface area contributed by atoms with Gasteiger partial charge in [0.25, 0.3) is 5.91 Å². The molecule has 0 fully saturated rings. The van der Waals surface area contributed by atoms with Crippen LogP contribution >= 0.6 is 11.3 Å². The van der Waals surface area contributed by atoms with Gasteiger partial charge < -0.3 is 19.5 Å². The summed E-state index contributed by atoms with van der Waals surface area (Å²) >= 11 is 1.63. The Balaban J connectivity index is 1.29. The van der Waals surface area contributed by atoms with Gasteiger partial charge >= 0.3 is 5.97 Å². The minimum Gasteiger partial charge on any atom is -0.493 e. The van der Waals surface area contributed by atoms with Crippen LogP contribution in [0.5, 0.6) is 11.5 Å². The summed E-state index contributed by atoms with van der Waals surface area (Å²) in [4.78, 5) is 28.9. The summed E-state index contributed by atoms with van der Waals surface area (Å²) in [6, 6.07) is 18.8. The van der Waals surface area contributed by atoms with Gasteiger partial charge in [0.15, 0.2) is 18.1 Å². The van der Waals surface area contributed by atoms with Crippen LogP contribution in [0.15, 0.2) is 66.7 Å². The van der Waals surface area contributed by atoms with Gasteiger partial charge in [0.1, 0.15) is 5.01 Å². The third-order valence-electron chi connectivity index (χ3n) is 5.12. The lowest BCUT2D eigenvalue weighted by Crippen LogP contribution is -2.20. The second-order valence-corrected chi connectivity index (χ2v) is 8.70. The molecule has 35 heavy (non-hydrogen) atoms. The number of benzene rings is 3. The monoisotopic (exact) mass is 488 g/mol. The highest BCUT2D eigenvalue weighted by molar-refractivity contribution is 7.21. The Hall–Kier alpha value is -4.17. The average Bonchev–Trinajstić information content (AvgIpc) is 3.29. The van der Waals surface area contributed by atoms with Gasteiger partial charge in [-0.05, 0) is 72.7 Å². The zero-order chi connectivity index (χ0) is 24.8. The number of esters is 1. The van der Waals surface area contributed by atoms with E-state index in [2.05, 4.69) is 23.3 Å². The molecular formula is C27H24N2O5S. The van der Waals surface area contributed by atoms with Crippen LogP contribution in [0.2, 0.25) is 0 Å². The van der Waals surface area contributed by atoms with E-state index in [-0.39, 0.29) is 0 Å². The van der Waals surface area contributed by atoms with Crippen molar-refractivity contribution in [3.63, 3.8) is 0 Å². The van der Waals surface area contributed by atoms with Crippen LogP contribution in [0.4, 0.5) is 5.69 Å². The predicted octanol–water partition coefficient (Wildman–Crippen LogP) is 5.48. The Labute approximate surface area is 207 Å². The molecule has 0 atom stereocenters. The highest BCUT2D eigenvalue weighted by Crippen LogP contribution is 2.31. The van der Waals surface area contributed by atoms with Crippen LogP contribution < -0.4 is 14.8 Å². The zero-order valence-corrected chi connectivity index (χ0v) is 20.3. The van der Waals surface area contributed by atoms with E-state index in [1.807, 2.05) is 24.3 Å². The molecule has 0 spiro atoms. The molecule has 8 heteroatoms. The smallest absolute Gasteiger partial charge is 0.331 e. The highest BCUT2D eigenvalue weighted by atomic mass is 32.1. The topological polar surface area (TPSA) is 86.8 Å². The molecule has 1 heterocycles.